The zero-order valence-electron chi connectivity index (χ0n) is 11.0. The number of alkyl halides is 1. The number of halogens is 1. The summed E-state index contributed by atoms with van der Waals surface area (Å²) in [6.45, 7) is 4.20. The Kier molecular flexibility index (Phi) is 7.70. The average molecular weight is 282 g/mol. The Morgan fingerprint density at radius 2 is 1.89 bits per heavy atom. The smallest absolute Gasteiger partial charge is 0.0900 e. The van der Waals surface area contributed by atoms with Crippen LogP contribution in [0.5, 0.6) is 0 Å². The maximum absolute atomic E-state index is 5.38. The first kappa shape index (κ1) is 15.2. The molecule has 1 aromatic carbocycles. The summed E-state index contributed by atoms with van der Waals surface area (Å²) >= 11 is 7.11. The minimum Gasteiger partial charge on any atom is -0.249 e. The van der Waals surface area contributed by atoms with Crippen LogP contribution in [0.4, 0.5) is 0 Å². The van der Waals surface area contributed by atoms with E-state index in [1.165, 1.54) is 29.7 Å². The molecule has 1 heterocycles. The highest BCUT2D eigenvalue weighted by atomic mass is 35.5. The fraction of sp³-hybridized carbons (Fsp3) is 0.400. The molecule has 98 valence electrons. The number of nitrogens with zero attached hydrogens (tertiary/aromatic N) is 1. The predicted molar refractivity (Wildman–Crippen MR) is 82.5 cm³/mol. The van der Waals surface area contributed by atoms with E-state index >= 15 is 0 Å². The van der Waals surface area contributed by atoms with Gasteiger partial charge in [0.15, 0.2) is 0 Å². The van der Waals surface area contributed by atoms with Gasteiger partial charge in [0.2, 0.25) is 0 Å². The van der Waals surface area contributed by atoms with Crippen LogP contribution in [0.2, 0.25) is 0 Å². The van der Waals surface area contributed by atoms with Crippen molar-refractivity contribution in [2.24, 2.45) is 0 Å². The molecule has 0 spiro atoms. The van der Waals surface area contributed by atoms with E-state index in [1.807, 2.05) is 31.3 Å². The molecule has 0 fully saturated rings. The van der Waals surface area contributed by atoms with Crippen molar-refractivity contribution in [2.75, 3.05) is 5.88 Å². The van der Waals surface area contributed by atoms with Gasteiger partial charge >= 0.3 is 0 Å². The van der Waals surface area contributed by atoms with Gasteiger partial charge in [0, 0.05) is 12.1 Å². The van der Waals surface area contributed by atoms with Gasteiger partial charge in [-0.1, -0.05) is 50.1 Å². The molecule has 18 heavy (non-hydrogen) atoms. The van der Waals surface area contributed by atoms with E-state index in [0.29, 0.717) is 0 Å². The molecular formula is C15H20ClNS. The van der Waals surface area contributed by atoms with Gasteiger partial charge in [0.25, 0.3) is 0 Å². The van der Waals surface area contributed by atoms with Gasteiger partial charge in [-0.3, -0.25) is 0 Å². The quantitative estimate of drug-likeness (QED) is 0.530. The molecule has 2 aromatic rings. The fourth-order valence-electron chi connectivity index (χ4n) is 1.44. The number of thiazole rings is 1. The summed E-state index contributed by atoms with van der Waals surface area (Å²) in [6.07, 6.45) is 5.66. The molecule has 0 bridgehead atoms. The summed E-state index contributed by atoms with van der Waals surface area (Å²) in [6, 6.07) is 10.3. The summed E-state index contributed by atoms with van der Waals surface area (Å²) in [5.41, 5.74) is 1.25. The number of hydrogen-bond acceptors (Lipinski definition) is 2. The van der Waals surface area contributed by atoms with Gasteiger partial charge in [-0.25, -0.2) is 4.98 Å². The Hall–Kier alpha value is -0.860. The van der Waals surface area contributed by atoms with Gasteiger partial charge in [0.05, 0.1) is 9.88 Å². The molecule has 1 aromatic heterocycles. The van der Waals surface area contributed by atoms with Gasteiger partial charge in [0.1, 0.15) is 0 Å². The molecule has 0 aliphatic heterocycles. The first-order valence-electron chi connectivity index (χ1n) is 6.31. The molecule has 0 radical (unpaired) electrons. The summed E-state index contributed by atoms with van der Waals surface area (Å²) in [7, 11) is 0. The van der Waals surface area contributed by atoms with Crippen molar-refractivity contribution in [1.29, 1.82) is 0 Å². The van der Waals surface area contributed by atoms with Crippen LogP contribution in [-0.4, -0.2) is 10.9 Å². The van der Waals surface area contributed by atoms with Crippen LogP contribution in [-0.2, 0) is 0 Å². The molecule has 0 amide bonds. The molecule has 2 rings (SSSR count). The standard InChI is InChI=1S/C10H9NS.C5H11Cl/c1-8-11-7-10(12-8)9-5-3-2-4-6-9;1-2-3-4-5-6/h2-7H,1H3;2-5H2,1H3. The van der Waals surface area contributed by atoms with Crippen LogP contribution in [0.3, 0.4) is 0 Å². The Morgan fingerprint density at radius 3 is 2.33 bits per heavy atom. The Morgan fingerprint density at radius 1 is 1.17 bits per heavy atom. The Labute approximate surface area is 119 Å². The third-order valence-corrected chi connectivity index (χ3v) is 3.65. The molecule has 0 atom stereocenters. The van der Waals surface area contributed by atoms with Crippen LogP contribution in [0.1, 0.15) is 31.2 Å². The highest BCUT2D eigenvalue weighted by molar-refractivity contribution is 7.15. The normalized spacial score (nSPS) is 9.72. The second-order valence-electron chi connectivity index (χ2n) is 4.01. The highest BCUT2D eigenvalue weighted by Gasteiger charge is 1.98. The number of aromatic nitrogens is 1. The van der Waals surface area contributed by atoms with Crippen LogP contribution < -0.4 is 0 Å². The molecular weight excluding hydrogens is 262 g/mol. The number of aryl methyl sites for hydroxylation is 1. The lowest BCUT2D eigenvalue weighted by Gasteiger charge is -1.92. The van der Waals surface area contributed by atoms with E-state index in [4.69, 9.17) is 11.6 Å². The van der Waals surface area contributed by atoms with Crippen molar-refractivity contribution >= 4 is 22.9 Å². The second-order valence-corrected chi connectivity index (χ2v) is 5.62. The lowest BCUT2D eigenvalue weighted by molar-refractivity contribution is 0.776. The van der Waals surface area contributed by atoms with E-state index in [1.54, 1.807) is 11.3 Å². The first-order chi connectivity index (χ1) is 8.77. The minimum absolute atomic E-state index is 0.827. The molecule has 0 saturated carbocycles. The highest BCUT2D eigenvalue weighted by Crippen LogP contribution is 2.24. The molecule has 0 aliphatic carbocycles. The van der Waals surface area contributed by atoms with Gasteiger partial charge in [-0.05, 0) is 18.9 Å². The van der Waals surface area contributed by atoms with E-state index in [0.717, 1.165) is 10.9 Å². The third-order valence-electron chi connectivity index (χ3n) is 2.42. The summed E-state index contributed by atoms with van der Waals surface area (Å²) in [4.78, 5) is 5.46. The number of rotatable bonds is 4. The van der Waals surface area contributed by atoms with Crippen molar-refractivity contribution < 1.29 is 0 Å². The summed E-state index contributed by atoms with van der Waals surface area (Å²) < 4.78 is 0. The van der Waals surface area contributed by atoms with Crippen molar-refractivity contribution in [2.45, 2.75) is 33.1 Å². The Balaban J connectivity index is 0.000000232. The van der Waals surface area contributed by atoms with Crippen molar-refractivity contribution in [3.05, 3.63) is 41.5 Å². The van der Waals surface area contributed by atoms with Gasteiger partial charge < -0.3 is 0 Å². The molecule has 3 heteroatoms. The maximum atomic E-state index is 5.38. The van der Waals surface area contributed by atoms with Crippen LogP contribution >= 0.6 is 22.9 Å². The molecule has 0 N–H and O–H groups in total. The molecule has 0 aliphatic rings. The largest absolute Gasteiger partial charge is 0.249 e. The zero-order chi connectivity index (χ0) is 13.2. The van der Waals surface area contributed by atoms with Crippen LogP contribution in [0, 0.1) is 6.92 Å². The topological polar surface area (TPSA) is 12.9 Å². The zero-order valence-corrected chi connectivity index (χ0v) is 12.6. The van der Waals surface area contributed by atoms with Crippen LogP contribution in [0.25, 0.3) is 10.4 Å². The fourth-order valence-corrected chi connectivity index (χ4v) is 2.41. The lowest BCUT2D eigenvalue weighted by Crippen LogP contribution is -1.70. The average Bonchev–Trinajstić information content (AvgIpc) is 2.85. The number of benzene rings is 1. The van der Waals surface area contributed by atoms with Crippen molar-refractivity contribution in [1.82, 2.24) is 4.98 Å². The predicted octanol–water partition coefficient (Wildman–Crippen LogP) is 5.53. The van der Waals surface area contributed by atoms with E-state index in [2.05, 4.69) is 24.0 Å². The van der Waals surface area contributed by atoms with E-state index in [9.17, 15) is 0 Å². The van der Waals surface area contributed by atoms with Crippen molar-refractivity contribution in [3.8, 4) is 10.4 Å². The second kappa shape index (κ2) is 9.12. The minimum atomic E-state index is 0.827. The maximum Gasteiger partial charge on any atom is 0.0900 e. The molecule has 0 unspecified atom stereocenters. The first-order valence-corrected chi connectivity index (χ1v) is 7.66. The SMILES string of the molecule is CCCCCCl.Cc1ncc(-c2ccccc2)s1. The van der Waals surface area contributed by atoms with Crippen molar-refractivity contribution in [3.63, 3.8) is 0 Å². The Bertz CT molecular complexity index is 421. The molecule has 1 nitrogen and oxygen atoms in total. The lowest BCUT2D eigenvalue weighted by atomic mass is 10.2. The van der Waals surface area contributed by atoms with E-state index < -0.39 is 0 Å². The third kappa shape index (κ3) is 5.65. The number of unbranched alkanes of at least 4 members (excludes halogenated alkanes) is 2. The molecule has 0 saturated heterocycles. The summed E-state index contributed by atoms with van der Waals surface area (Å²) in [5.74, 6) is 0.827. The monoisotopic (exact) mass is 281 g/mol. The van der Waals surface area contributed by atoms with Crippen LogP contribution in [0.15, 0.2) is 36.5 Å². The van der Waals surface area contributed by atoms with Gasteiger partial charge in [-0.2, -0.15) is 0 Å². The number of hydrogen-bond donors (Lipinski definition) is 0. The van der Waals surface area contributed by atoms with E-state index in [-0.39, 0.29) is 0 Å². The summed E-state index contributed by atoms with van der Waals surface area (Å²) in [5, 5.41) is 1.12. The van der Waals surface area contributed by atoms with Gasteiger partial charge in [-0.15, -0.1) is 22.9 Å².